The van der Waals surface area contributed by atoms with E-state index < -0.39 is 0 Å². The predicted molar refractivity (Wildman–Crippen MR) is 61.6 cm³/mol. The van der Waals surface area contributed by atoms with E-state index in [-0.39, 0.29) is 0 Å². The van der Waals surface area contributed by atoms with Crippen molar-refractivity contribution in [1.29, 1.82) is 5.26 Å². The van der Waals surface area contributed by atoms with E-state index in [1.807, 2.05) is 0 Å². The molecule has 0 aromatic rings. The van der Waals surface area contributed by atoms with Crippen molar-refractivity contribution in [2.75, 3.05) is 46.8 Å². The van der Waals surface area contributed by atoms with Gasteiger partial charge < -0.3 is 10.2 Å². The van der Waals surface area contributed by atoms with Crippen LogP contribution >= 0.6 is 0 Å². The number of nitrogens with one attached hydrogen (secondary N) is 1. The van der Waals surface area contributed by atoms with Crippen molar-refractivity contribution in [3.63, 3.8) is 0 Å². The lowest BCUT2D eigenvalue weighted by atomic mass is 10.2. The molecule has 1 unspecified atom stereocenters. The molecule has 86 valence electrons. The topological polar surface area (TPSA) is 42.3 Å². The molecule has 1 aliphatic heterocycles. The summed E-state index contributed by atoms with van der Waals surface area (Å²) in [6.07, 6.45) is 1.83. The normalized spacial score (nSPS) is 23.7. The molecule has 0 aromatic heterocycles. The zero-order chi connectivity index (χ0) is 11.1. The fraction of sp³-hybridized carbons (Fsp3) is 0.909. The second-order valence-corrected chi connectivity index (χ2v) is 4.41. The molecule has 0 saturated carbocycles. The van der Waals surface area contributed by atoms with Crippen molar-refractivity contribution >= 4 is 0 Å². The maximum Gasteiger partial charge on any atom is 0.0638 e. The molecule has 1 N–H and O–H groups in total. The molecular weight excluding hydrogens is 188 g/mol. The van der Waals surface area contributed by atoms with Gasteiger partial charge in [0.05, 0.1) is 12.5 Å². The van der Waals surface area contributed by atoms with Crippen LogP contribution in [0.1, 0.15) is 12.8 Å². The van der Waals surface area contributed by atoms with Gasteiger partial charge in [0, 0.05) is 25.7 Å². The second kappa shape index (κ2) is 6.78. The molecule has 1 aliphatic rings. The Kier molecular flexibility index (Phi) is 5.62. The number of nitriles is 1. The number of hydrogen-bond donors (Lipinski definition) is 1. The van der Waals surface area contributed by atoms with E-state index >= 15 is 0 Å². The van der Waals surface area contributed by atoms with Gasteiger partial charge in [-0.05, 0) is 33.6 Å². The Morgan fingerprint density at radius 2 is 2.33 bits per heavy atom. The van der Waals surface area contributed by atoms with Crippen LogP contribution < -0.4 is 5.32 Å². The van der Waals surface area contributed by atoms with E-state index in [0.29, 0.717) is 12.5 Å². The van der Waals surface area contributed by atoms with Crippen LogP contribution in [0.3, 0.4) is 0 Å². The Bertz CT molecular complexity index is 209. The molecule has 1 heterocycles. The van der Waals surface area contributed by atoms with Crippen LogP contribution in [0.25, 0.3) is 0 Å². The van der Waals surface area contributed by atoms with E-state index in [1.54, 1.807) is 0 Å². The molecule has 0 spiro atoms. The highest BCUT2D eigenvalue weighted by Gasteiger charge is 2.19. The van der Waals surface area contributed by atoms with Crippen molar-refractivity contribution in [3.8, 4) is 6.07 Å². The van der Waals surface area contributed by atoms with E-state index in [0.717, 1.165) is 32.7 Å². The largest absolute Gasteiger partial charge is 0.315 e. The number of nitrogens with zero attached hydrogens (tertiary/aromatic N) is 3. The summed E-state index contributed by atoms with van der Waals surface area (Å²) >= 11 is 0. The molecular formula is C11H22N4. The van der Waals surface area contributed by atoms with Crippen LogP contribution in [-0.4, -0.2) is 62.7 Å². The van der Waals surface area contributed by atoms with E-state index in [9.17, 15) is 0 Å². The average molecular weight is 210 g/mol. The standard InChI is InChI=1S/C11H22N4/c1-14(2)8-9-15-7-3-6-13-10-11(15)4-5-12/h11,13H,3-4,6-10H2,1-2H3. The summed E-state index contributed by atoms with van der Waals surface area (Å²) in [5.74, 6) is 0. The first-order valence-electron chi connectivity index (χ1n) is 5.70. The molecule has 0 amide bonds. The van der Waals surface area contributed by atoms with E-state index in [4.69, 9.17) is 5.26 Å². The summed E-state index contributed by atoms with van der Waals surface area (Å²) in [4.78, 5) is 4.64. The summed E-state index contributed by atoms with van der Waals surface area (Å²) < 4.78 is 0. The quantitative estimate of drug-likeness (QED) is 0.716. The van der Waals surface area contributed by atoms with Gasteiger partial charge in [0.2, 0.25) is 0 Å². The number of likely N-dealkylation sites (N-methyl/N-ethyl adjacent to an activating group) is 1. The highest BCUT2D eigenvalue weighted by Crippen LogP contribution is 2.07. The summed E-state index contributed by atoms with van der Waals surface area (Å²) in [6.45, 7) is 5.30. The van der Waals surface area contributed by atoms with Crippen molar-refractivity contribution in [1.82, 2.24) is 15.1 Å². The fourth-order valence-corrected chi connectivity index (χ4v) is 1.92. The third kappa shape index (κ3) is 4.61. The molecule has 1 rings (SSSR count). The third-order valence-corrected chi connectivity index (χ3v) is 2.86. The van der Waals surface area contributed by atoms with E-state index in [1.165, 1.54) is 6.42 Å². The molecule has 1 fully saturated rings. The predicted octanol–water partition coefficient (Wildman–Crippen LogP) is 0.126. The van der Waals surface area contributed by atoms with Gasteiger partial charge in [0.25, 0.3) is 0 Å². The van der Waals surface area contributed by atoms with Crippen molar-refractivity contribution in [2.45, 2.75) is 18.9 Å². The molecule has 1 saturated heterocycles. The van der Waals surface area contributed by atoms with Gasteiger partial charge in [-0.15, -0.1) is 0 Å². The van der Waals surface area contributed by atoms with E-state index in [2.05, 4.69) is 35.3 Å². The van der Waals surface area contributed by atoms with Crippen LogP contribution in [0.15, 0.2) is 0 Å². The van der Waals surface area contributed by atoms with Crippen molar-refractivity contribution in [2.24, 2.45) is 0 Å². The van der Waals surface area contributed by atoms with Crippen LogP contribution in [0.4, 0.5) is 0 Å². The SMILES string of the molecule is CN(C)CCN1CCCNCC1CC#N. The Hall–Kier alpha value is -0.630. The zero-order valence-corrected chi connectivity index (χ0v) is 9.87. The third-order valence-electron chi connectivity index (χ3n) is 2.86. The van der Waals surface area contributed by atoms with Crippen LogP contribution in [-0.2, 0) is 0 Å². The van der Waals surface area contributed by atoms with Crippen molar-refractivity contribution < 1.29 is 0 Å². The van der Waals surface area contributed by atoms with Gasteiger partial charge in [-0.25, -0.2) is 0 Å². The smallest absolute Gasteiger partial charge is 0.0638 e. The Morgan fingerprint density at radius 3 is 3.00 bits per heavy atom. The second-order valence-electron chi connectivity index (χ2n) is 4.41. The molecule has 1 atom stereocenters. The van der Waals surface area contributed by atoms with Gasteiger partial charge in [-0.3, -0.25) is 4.90 Å². The summed E-state index contributed by atoms with van der Waals surface area (Å²) in [5.41, 5.74) is 0. The minimum absolute atomic E-state index is 0.400. The first-order valence-corrected chi connectivity index (χ1v) is 5.70. The lowest BCUT2D eigenvalue weighted by Gasteiger charge is -2.28. The lowest BCUT2D eigenvalue weighted by Crippen LogP contribution is -2.42. The lowest BCUT2D eigenvalue weighted by molar-refractivity contribution is 0.191. The van der Waals surface area contributed by atoms with Crippen LogP contribution in [0, 0.1) is 11.3 Å². The summed E-state index contributed by atoms with van der Waals surface area (Å²) in [5, 5.41) is 12.2. The Balaban J connectivity index is 2.43. The molecule has 0 bridgehead atoms. The monoisotopic (exact) mass is 210 g/mol. The van der Waals surface area contributed by atoms with Gasteiger partial charge in [0.15, 0.2) is 0 Å². The highest BCUT2D eigenvalue weighted by molar-refractivity contribution is 4.86. The number of rotatable bonds is 4. The fourth-order valence-electron chi connectivity index (χ4n) is 1.92. The molecule has 4 nitrogen and oxygen atoms in total. The van der Waals surface area contributed by atoms with Crippen LogP contribution in [0.2, 0.25) is 0 Å². The average Bonchev–Trinajstić information content (AvgIpc) is 2.41. The summed E-state index contributed by atoms with van der Waals surface area (Å²) in [7, 11) is 4.19. The minimum Gasteiger partial charge on any atom is -0.315 e. The molecule has 0 aliphatic carbocycles. The first-order chi connectivity index (χ1) is 7.24. The minimum atomic E-state index is 0.400. The molecule has 0 radical (unpaired) electrons. The highest BCUT2D eigenvalue weighted by atomic mass is 15.2. The van der Waals surface area contributed by atoms with Crippen LogP contribution in [0.5, 0.6) is 0 Å². The Morgan fingerprint density at radius 1 is 1.53 bits per heavy atom. The molecule has 4 heteroatoms. The van der Waals surface area contributed by atoms with Gasteiger partial charge >= 0.3 is 0 Å². The van der Waals surface area contributed by atoms with Gasteiger partial charge in [-0.1, -0.05) is 0 Å². The zero-order valence-electron chi connectivity index (χ0n) is 9.87. The maximum atomic E-state index is 8.79. The van der Waals surface area contributed by atoms with Gasteiger partial charge in [-0.2, -0.15) is 5.26 Å². The molecule has 15 heavy (non-hydrogen) atoms. The Labute approximate surface area is 92.8 Å². The van der Waals surface area contributed by atoms with Gasteiger partial charge in [0.1, 0.15) is 0 Å². The number of hydrogen-bond acceptors (Lipinski definition) is 4. The maximum absolute atomic E-state index is 8.79. The molecule has 0 aromatic carbocycles. The summed E-state index contributed by atoms with van der Waals surface area (Å²) in [6, 6.07) is 2.69. The first kappa shape index (κ1) is 12.4. The van der Waals surface area contributed by atoms with Crippen molar-refractivity contribution in [3.05, 3.63) is 0 Å².